The van der Waals surface area contributed by atoms with Crippen LogP contribution in [0.2, 0.25) is 0 Å². The van der Waals surface area contributed by atoms with Crippen LogP contribution in [0.15, 0.2) is 12.3 Å². The summed E-state index contributed by atoms with van der Waals surface area (Å²) >= 11 is 0. The molecule has 1 rings (SSSR count). The van der Waals surface area contributed by atoms with Gasteiger partial charge in [0.2, 0.25) is 0 Å². The van der Waals surface area contributed by atoms with E-state index in [2.05, 4.69) is 48.1 Å². The van der Waals surface area contributed by atoms with Gasteiger partial charge in [-0.3, -0.25) is 4.68 Å². The van der Waals surface area contributed by atoms with E-state index >= 15 is 0 Å². The first-order valence-corrected chi connectivity index (χ1v) is 7.47. The van der Waals surface area contributed by atoms with Crippen molar-refractivity contribution in [1.29, 1.82) is 0 Å². The predicted octanol–water partition coefficient (Wildman–Crippen LogP) is 2.80. The average Bonchev–Trinajstić information content (AvgIpc) is 2.87. The molecular weight excluding hydrogens is 238 g/mol. The van der Waals surface area contributed by atoms with E-state index in [4.69, 9.17) is 4.74 Å². The molecule has 2 atom stereocenters. The Morgan fingerprint density at radius 1 is 1.42 bits per heavy atom. The van der Waals surface area contributed by atoms with Gasteiger partial charge in [-0.1, -0.05) is 13.8 Å². The van der Waals surface area contributed by atoms with Crippen molar-refractivity contribution in [2.75, 3.05) is 20.3 Å². The molecule has 2 unspecified atom stereocenters. The molecule has 19 heavy (non-hydrogen) atoms. The monoisotopic (exact) mass is 267 g/mol. The molecular formula is C15H29N3O. The molecule has 0 radical (unpaired) electrons. The molecule has 1 aromatic heterocycles. The van der Waals surface area contributed by atoms with Gasteiger partial charge in [0.25, 0.3) is 0 Å². The molecule has 0 saturated heterocycles. The zero-order chi connectivity index (χ0) is 14.1. The van der Waals surface area contributed by atoms with Crippen LogP contribution in [0.5, 0.6) is 0 Å². The fourth-order valence-corrected chi connectivity index (χ4v) is 2.21. The number of hydrogen-bond acceptors (Lipinski definition) is 3. The highest BCUT2D eigenvalue weighted by molar-refractivity contribution is 5.02. The number of hydrogen-bond donors (Lipinski definition) is 1. The Labute approximate surface area is 117 Å². The molecule has 1 N–H and O–H groups in total. The van der Waals surface area contributed by atoms with Crippen molar-refractivity contribution in [2.45, 2.75) is 58.5 Å². The minimum absolute atomic E-state index is 0.486. The first kappa shape index (κ1) is 16.2. The van der Waals surface area contributed by atoms with Gasteiger partial charge in [-0.15, -0.1) is 0 Å². The van der Waals surface area contributed by atoms with Crippen molar-refractivity contribution in [3.63, 3.8) is 0 Å². The van der Waals surface area contributed by atoms with Crippen molar-refractivity contribution >= 4 is 0 Å². The minimum Gasteiger partial charge on any atom is -0.385 e. The van der Waals surface area contributed by atoms with Gasteiger partial charge in [0, 0.05) is 38.4 Å². The highest BCUT2D eigenvalue weighted by atomic mass is 16.5. The number of ether oxygens (including phenoxy) is 1. The van der Waals surface area contributed by atoms with Crippen LogP contribution in [0.1, 0.15) is 51.8 Å². The first-order valence-electron chi connectivity index (χ1n) is 7.47. The van der Waals surface area contributed by atoms with Gasteiger partial charge in [0.1, 0.15) is 0 Å². The van der Waals surface area contributed by atoms with Crippen LogP contribution in [-0.4, -0.2) is 36.1 Å². The quantitative estimate of drug-likeness (QED) is 0.663. The van der Waals surface area contributed by atoms with Gasteiger partial charge in [-0.05, 0) is 38.8 Å². The van der Waals surface area contributed by atoms with Crippen molar-refractivity contribution in [1.82, 2.24) is 15.1 Å². The van der Waals surface area contributed by atoms with Crippen LogP contribution in [0.3, 0.4) is 0 Å². The fraction of sp³-hybridized carbons (Fsp3) is 0.800. The zero-order valence-electron chi connectivity index (χ0n) is 12.9. The summed E-state index contributed by atoms with van der Waals surface area (Å²) in [5.41, 5.74) is 1.18. The second-order valence-corrected chi connectivity index (χ2v) is 5.14. The maximum atomic E-state index is 5.12. The van der Waals surface area contributed by atoms with Crippen LogP contribution in [0, 0.1) is 0 Å². The number of nitrogens with zero attached hydrogens (tertiary/aromatic N) is 2. The Hall–Kier alpha value is -0.870. The first-order chi connectivity index (χ1) is 9.21. The van der Waals surface area contributed by atoms with E-state index in [-0.39, 0.29) is 0 Å². The van der Waals surface area contributed by atoms with E-state index < -0.39 is 0 Å². The van der Waals surface area contributed by atoms with Gasteiger partial charge in [-0.25, -0.2) is 0 Å². The van der Waals surface area contributed by atoms with Crippen molar-refractivity contribution in [3.8, 4) is 0 Å². The lowest BCUT2D eigenvalue weighted by Gasteiger charge is -2.16. The Bertz CT molecular complexity index is 338. The normalized spacial score (nSPS) is 14.5. The summed E-state index contributed by atoms with van der Waals surface area (Å²) in [6, 6.07) is 3.13. The standard InChI is InChI=1S/C15H29N3O/c1-5-13(3)18-10-9-15(17-18)12-14(16-6-2)8-7-11-19-4/h9-10,13-14,16H,5-8,11-12H2,1-4H3. The molecule has 0 fully saturated rings. The van der Waals surface area contributed by atoms with Crippen molar-refractivity contribution in [3.05, 3.63) is 18.0 Å². The molecule has 0 aliphatic heterocycles. The molecule has 0 amide bonds. The Balaban J connectivity index is 2.50. The van der Waals surface area contributed by atoms with E-state index in [1.165, 1.54) is 5.69 Å². The second kappa shape index (κ2) is 9.10. The highest BCUT2D eigenvalue weighted by Crippen LogP contribution is 2.11. The molecule has 4 heteroatoms. The number of nitrogens with one attached hydrogen (secondary N) is 1. The van der Waals surface area contributed by atoms with Gasteiger partial charge >= 0.3 is 0 Å². The van der Waals surface area contributed by atoms with Gasteiger partial charge in [0.05, 0.1) is 5.69 Å². The van der Waals surface area contributed by atoms with Crippen LogP contribution in [-0.2, 0) is 11.2 Å². The summed E-state index contributed by atoms with van der Waals surface area (Å²) in [5, 5.41) is 8.21. The van der Waals surface area contributed by atoms with Crippen LogP contribution >= 0.6 is 0 Å². The largest absolute Gasteiger partial charge is 0.385 e. The molecule has 0 aromatic carbocycles. The number of likely N-dealkylation sites (N-methyl/N-ethyl adjacent to an activating group) is 1. The Morgan fingerprint density at radius 3 is 2.84 bits per heavy atom. The van der Waals surface area contributed by atoms with E-state index in [1.54, 1.807) is 7.11 Å². The summed E-state index contributed by atoms with van der Waals surface area (Å²) in [4.78, 5) is 0. The lowest BCUT2D eigenvalue weighted by atomic mass is 10.1. The van der Waals surface area contributed by atoms with Crippen LogP contribution < -0.4 is 5.32 Å². The second-order valence-electron chi connectivity index (χ2n) is 5.14. The van der Waals surface area contributed by atoms with Gasteiger partial charge < -0.3 is 10.1 Å². The third-order valence-corrected chi connectivity index (χ3v) is 3.56. The predicted molar refractivity (Wildman–Crippen MR) is 79.5 cm³/mol. The number of rotatable bonds is 10. The van der Waals surface area contributed by atoms with Crippen molar-refractivity contribution in [2.24, 2.45) is 0 Å². The maximum Gasteiger partial charge on any atom is 0.0640 e. The topological polar surface area (TPSA) is 39.1 Å². The Morgan fingerprint density at radius 2 is 2.21 bits per heavy atom. The zero-order valence-corrected chi connectivity index (χ0v) is 12.9. The SMILES string of the molecule is CCNC(CCCOC)Cc1ccn(C(C)CC)n1. The lowest BCUT2D eigenvalue weighted by molar-refractivity contribution is 0.188. The molecule has 0 aliphatic carbocycles. The van der Waals surface area contributed by atoms with Crippen LogP contribution in [0.25, 0.3) is 0 Å². The fourth-order valence-electron chi connectivity index (χ4n) is 2.21. The third kappa shape index (κ3) is 5.74. The van der Waals surface area contributed by atoms with E-state index in [0.717, 1.165) is 38.8 Å². The molecule has 110 valence electrons. The summed E-state index contributed by atoms with van der Waals surface area (Å²) in [6.45, 7) is 8.39. The maximum absolute atomic E-state index is 5.12. The summed E-state index contributed by atoms with van der Waals surface area (Å²) < 4.78 is 7.20. The molecule has 1 heterocycles. The smallest absolute Gasteiger partial charge is 0.0640 e. The molecule has 1 aromatic rings. The van der Waals surface area contributed by atoms with Crippen LogP contribution in [0.4, 0.5) is 0 Å². The summed E-state index contributed by atoms with van der Waals surface area (Å²) in [5.74, 6) is 0. The molecule has 0 spiro atoms. The molecule has 4 nitrogen and oxygen atoms in total. The lowest BCUT2D eigenvalue weighted by Crippen LogP contribution is -2.31. The Kier molecular flexibility index (Phi) is 7.75. The van der Waals surface area contributed by atoms with Gasteiger partial charge in [-0.2, -0.15) is 5.10 Å². The number of methoxy groups -OCH3 is 1. The molecule has 0 bridgehead atoms. The van der Waals surface area contributed by atoms with E-state index in [9.17, 15) is 0 Å². The van der Waals surface area contributed by atoms with Gasteiger partial charge in [0.15, 0.2) is 0 Å². The summed E-state index contributed by atoms with van der Waals surface area (Å²) in [7, 11) is 1.76. The number of aromatic nitrogens is 2. The highest BCUT2D eigenvalue weighted by Gasteiger charge is 2.11. The molecule has 0 saturated carbocycles. The third-order valence-electron chi connectivity index (χ3n) is 3.56. The minimum atomic E-state index is 0.486. The summed E-state index contributed by atoms with van der Waals surface area (Å²) in [6.07, 6.45) is 6.45. The van der Waals surface area contributed by atoms with E-state index in [0.29, 0.717) is 12.1 Å². The molecule has 0 aliphatic rings. The van der Waals surface area contributed by atoms with E-state index in [1.807, 2.05) is 0 Å². The van der Waals surface area contributed by atoms with Crippen molar-refractivity contribution < 1.29 is 4.74 Å². The average molecular weight is 267 g/mol.